The summed E-state index contributed by atoms with van der Waals surface area (Å²) in [5.41, 5.74) is 1.83. The van der Waals surface area contributed by atoms with Crippen LogP contribution >= 0.6 is 15.9 Å². The first-order chi connectivity index (χ1) is 7.65. The summed E-state index contributed by atoms with van der Waals surface area (Å²) < 4.78 is 5.99. The molecule has 0 fully saturated rings. The Morgan fingerprint density at radius 3 is 2.81 bits per heavy atom. The Hall–Kier alpha value is -1.36. The molecular weight excluding hydrogens is 270 g/mol. The number of hydrogen-bond acceptors (Lipinski definition) is 4. The van der Waals surface area contributed by atoms with Crippen molar-refractivity contribution in [1.82, 2.24) is 10.1 Å². The Morgan fingerprint density at radius 1 is 1.38 bits per heavy atom. The van der Waals surface area contributed by atoms with Crippen LogP contribution in [0.1, 0.15) is 17.1 Å². The molecule has 16 heavy (non-hydrogen) atoms. The van der Waals surface area contributed by atoms with E-state index in [1.165, 1.54) is 0 Å². The third kappa shape index (κ3) is 2.61. The average molecular weight is 282 g/mol. The van der Waals surface area contributed by atoms with Crippen LogP contribution in [0.15, 0.2) is 27.2 Å². The molecule has 0 radical (unpaired) electrons. The van der Waals surface area contributed by atoms with Crippen LogP contribution < -0.4 is 5.32 Å². The first kappa shape index (κ1) is 11.1. The van der Waals surface area contributed by atoms with Crippen LogP contribution in [0.3, 0.4) is 0 Å². The highest BCUT2D eigenvalue weighted by Gasteiger charge is 2.02. The van der Waals surface area contributed by atoms with Gasteiger partial charge in [-0.3, -0.25) is 0 Å². The van der Waals surface area contributed by atoms with Crippen molar-refractivity contribution in [2.24, 2.45) is 0 Å². The van der Waals surface area contributed by atoms with E-state index in [0.717, 1.165) is 27.4 Å². The first-order valence-electron chi connectivity index (χ1n) is 4.94. The number of rotatable bonds is 3. The molecule has 1 N–H and O–H groups in total. The SMILES string of the molecule is Cc1cc(CNc2ccc(Br)c(C)n2)no1. The van der Waals surface area contributed by atoms with Crippen molar-refractivity contribution in [3.63, 3.8) is 0 Å². The highest BCUT2D eigenvalue weighted by molar-refractivity contribution is 9.10. The number of aryl methyl sites for hydroxylation is 2. The molecule has 84 valence electrons. The van der Waals surface area contributed by atoms with Crippen LogP contribution in [-0.4, -0.2) is 10.1 Å². The van der Waals surface area contributed by atoms with E-state index in [0.29, 0.717) is 6.54 Å². The monoisotopic (exact) mass is 281 g/mol. The van der Waals surface area contributed by atoms with Gasteiger partial charge < -0.3 is 9.84 Å². The van der Waals surface area contributed by atoms with Gasteiger partial charge >= 0.3 is 0 Å². The number of anilines is 1. The van der Waals surface area contributed by atoms with Crippen molar-refractivity contribution in [2.75, 3.05) is 5.32 Å². The van der Waals surface area contributed by atoms with Gasteiger partial charge in [-0.25, -0.2) is 4.98 Å². The smallest absolute Gasteiger partial charge is 0.133 e. The number of nitrogens with zero attached hydrogens (tertiary/aromatic N) is 2. The fourth-order valence-corrected chi connectivity index (χ4v) is 1.55. The van der Waals surface area contributed by atoms with Crippen molar-refractivity contribution in [3.8, 4) is 0 Å². The Morgan fingerprint density at radius 2 is 2.19 bits per heavy atom. The summed E-state index contributed by atoms with van der Waals surface area (Å²) >= 11 is 3.41. The molecule has 0 amide bonds. The second kappa shape index (κ2) is 4.65. The number of nitrogens with one attached hydrogen (secondary N) is 1. The molecular formula is C11H12BrN3O. The third-order valence-corrected chi connectivity index (χ3v) is 2.99. The Labute approximate surface area is 102 Å². The van der Waals surface area contributed by atoms with Crippen molar-refractivity contribution >= 4 is 21.7 Å². The third-order valence-electron chi connectivity index (χ3n) is 2.15. The lowest BCUT2D eigenvalue weighted by Crippen LogP contribution is -2.02. The number of pyridine rings is 1. The minimum absolute atomic E-state index is 0.616. The van der Waals surface area contributed by atoms with E-state index in [2.05, 4.69) is 31.4 Å². The van der Waals surface area contributed by atoms with E-state index in [9.17, 15) is 0 Å². The molecule has 5 heteroatoms. The molecule has 2 rings (SSSR count). The second-order valence-electron chi connectivity index (χ2n) is 3.55. The van der Waals surface area contributed by atoms with E-state index in [-0.39, 0.29) is 0 Å². The zero-order valence-electron chi connectivity index (χ0n) is 9.12. The lowest BCUT2D eigenvalue weighted by molar-refractivity contribution is 0.391. The molecule has 2 heterocycles. The van der Waals surface area contributed by atoms with Crippen LogP contribution in [0.4, 0.5) is 5.82 Å². The number of aromatic nitrogens is 2. The average Bonchev–Trinajstić information content (AvgIpc) is 2.66. The molecule has 0 saturated carbocycles. The first-order valence-corrected chi connectivity index (χ1v) is 5.73. The van der Waals surface area contributed by atoms with Gasteiger partial charge in [0.1, 0.15) is 17.3 Å². The standard InChI is InChI=1S/C11H12BrN3O/c1-7-5-9(15-16-7)6-13-11-4-3-10(12)8(2)14-11/h3-5H,6H2,1-2H3,(H,13,14). The molecule has 0 aliphatic rings. The molecule has 0 spiro atoms. The van der Waals surface area contributed by atoms with Crippen LogP contribution in [-0.2, 0) is 6.54 Å². The van der Waals surface area contributed by atoms with Gasteiger partial charge in [-0.05, 0) is 41.9 Å². The summed E-state index contributed by atoms with van der Waals surface area (Å²) in [6, 6.07) is 5.79. The predicted molar refractivity (Wildman–Crippen MR) is 65.2 cm³/mol. The van der Waals surface area contributed by atoms with Crippen molar-refractivity contribution < 1.29 is 4.52 Å². The molecule has 2 aromatic rings. The van der Waals surface area contributed by atoms with Crippen LogP contribution in [0, 0.1) is 13.8 Å². The van der Waals surface area contributed by atoms with Gasteiger partial charge in [0.15, 0.2) is 0 Å². The lowest BCUT2D eigenvalue weighted by Gasteiger charge is -2.04. The molecule has 0 aromatic carbocycles. The highest BCUT2D eigenvalue weighted by Crippen LogP contribution is 2.16. The van der Waals surface area contributed by atoms with Crippen LogP contribution in [0.25, 0.3) is 0 Å². The van der Waals surface area contributed by atoms with Gasteiger partial charge in [-0.15, -0.1) is 0 Å². The molecule has 4 nitrogen and oxygen atoms in total. The lowest BCUT2D eigenvalue weighted by atomic mass is 10.3. The zero-order valence-corrected chi connectivity index (χ0v) is 10.7. The van der Waals surface area contributed by atoms with Gasteiger partial charge in [0, 0.05) is 10.5 Å². The normalized spacial score (nSPS) is 10.4. The quantitative estimate of drug-likeness (QED) is 0.940. The van der Waals surface area contributed by atoms with E-state index in [1.807, 2.05) is 32.0 Å². The highest BCUT2D eigenvalue weighted by atomic mass is 79.9. The van der Waals surface area contributed by atoms with E-state index >= 15 is 0 Å². The molecule has 0 aliphatic heterocycles. The maximum Gasteiger partial charge on any atom is 0.133 e. The molecule has 0 unspecified atom stereocenters. The maximum absolute atomic E-state index is 4.98. The van der Waals surface area contributed by atoms with Crippen molar-refractivity contribution in [2.45, 2.75) is 20.4 Å². The Bertz CT molecular complexity index is 496. The van der Waals surface area contributed by atoms with Crippen LogP contribution in [0.2, 0.25) is 0 Å². The number of halogens is 1. The minimum Gasteiger partial charge on any atom is -0.364 e. The molecule has 0 saturated heterocycles. The van der Waals surface area contributed by atoms with Crippen molar-refractivity contribution in [3.05, 3.63) is 39.8 Å². The maximum atomic E-state index is 4.98. The Kier molecular flexibility index (Phi) is 3.24. The molecule has 0 atom stereocenters. The molecule has 2 aromatic heterocycles. The summed E-state index contributed by atoms with van der Waals surface area (Å²) in [4.78, 5) is 4.38. The van der Waals surface area contributed by atoms with Gasteiger partial charge in [0.05, 0.1) is 12.2 Å². The summed E-state index contributed by atoms with van der Waals surface area (Å²) in [6.45, 7) is 4.44. The minimum atomic E-state index is 0.616. The largest absolute Gasteiger partial charge is 0.364 e. The summed E-state index contributed by atoms with van der Waals surface area (Å²) in [5, 5.41) is 7.08. The van der Waals surface area contributed by atoms with Gasteiger partial charge in [-0.2, -0.15) is 0 Å². The molecule has 0 bridgehead atoms. The Balaban J connectivity index is 2.02. The topological polar surface area (TPSA) is 51.0 Å². The summed E-state index contributed by atoms with van der Waals surface area (Å²) in [7, 11) is 0. The van der Waals surface area contributed by atoms with Gasteiger partial charge in [0.2, 0.25) is 0 Å². The molecule has 0 aliphatic carbocycles. The predicted octanol–water partition coefficient (Wildman–Crippen LogP) is 3.06. The fourth-order valence-electron chi connectivity index (χ4n) is 1.32. The zero-order chi connectivity index (χ0) is 11.5. The van der Waals surface area contributed by atoms with Crippen molar-refractivity contribution in [1.29, 1.82) is 0 Å². The van der Waals surface area contributed by atoms with E-state index < -0.39 is 0 Å². The van der Waals surface area contributed by atoms with Gasteiger partial charge in [-0.1, -0.05) is 5.16 Å². The summed E-state index contributed by atoms with van der Waals surface area (Å²) in [6.07, 6.45) is 0. The fraction of sp³-hybridized carbons (Fsp3) is 0.273. The van der Waals surface area contributed by atoms with E-state index in [4.69, 9.17) is 4.52 Å². The number of hydrogen-bond donors (Lipinski definition) is 1. The van der Waals surface area contributed by atoms with Gasteiger partial charge in [0.25, 0.3) is 0 Å². The summed E-state index contributed by atoms with van der Waals surface area (Å²) in [5.74, 6) is 1.65. The van der Waals surface area contributed by atoms with E-state index in [1.54, 1.807) is 0 Å². The second-order valence-corrected chi connectivity index (χ2v) is 4.40. The van der Waals surface area contributed by atoms with Crippen LogP contribution in [0.5, 0.6) is 0 Å².